The van der Waals surface area contributed by atoms with E-state index < -0.39 is 5.91 Å². The molecule has 4 N–H and O–H groups in total. The average Bonchev–Trinajstić information content (AvgIpc) is 2.19. The molecule has 5 nitrogen and oxygen atoms in total. The Hall–Kier alpha value is -1.62. The lowest BCUT2D eigenvalue weighted by atomic mass is 10.3. The van der Waals surface area contributed by atoms with Crippen LogP contribution in [0.5, 0.6) is 5.88 Å². The maximum Gasteiger partial charge on any atom is 0.267 e. The summed E-state index contributed by atoms with van der Waals surface area (Å²) in [6.45, 7) is 1.06. The van der Waals surface area contributed by atoms with Gasteiger partial charge in [0.2, 0.25) is 5.88 Å². The van der Waals surface area contributed by atoms with E-state index in [9.17, 15) is 4.79 Å². The summed E-state index contributed by atoms with van der Waals surface area (Å²) in [5, 5.41) is 0. The fourth-order valence-electron chi connectivity index (χ4n) is 0.893. The van der Waals surface area contributed by atoms with Gasteiger partial charge in [-0.2, -0.15) is 0 Å². The lowest BCUT2D eigenvalue weighted by molar-refractivity contribution is 0.0994. The summed E-state index contributed by atoms with van der Waals surface area (Å²) in [7, 11) is 0. The molecule has 0 aromatic carbocycles. The molecule has 0 saturated heterocycles. The molecule has 1 aromatic heterocycles. The third kappa shape index (κ3) is 3.02. The van der Waals surface area contributed by atoms with Gasteiger partial charge >= 0.3 is 0 Å². The number of hydrogen-bond acceptors (Lipinski definition) is 4. The fraction of sp³-hybridized carbons (Fsp3) is 0.333. The van der Waals surface area contributed by atoms with Crippen LogP contribution in [0.15, 0.2) is 18.2 Å². The zero-order valence-corrected chi connectivity index (χ0v) is 7.77. The molecule has 1 amide bonds. The van der Waals surface area contributed by atoms with E-state index in [2.05, 4.69) is 4.98 Å². The Morgan fingerprint density at radius 2 is 2.29 bits per heavy atom. The molecule has 0 aliphatic heterocycles. The third-order valence-corrected chi connectivity index (χ3v) is 1.57. The molecule has 0 aliphatic carbocycles. The second-order valence-corrected chi connectivity index (χ2v) is 2.72. The van der Waals surface area contributed by atoms with Crippen LogP contribution in [0.25, 0.3) is 0 Å². The summed E-state index contributed by atoms with van der Waals surface area (Å²) in [6, 6.07) is 4.88. The smallest absolute Gasteiger partial charge is 0.267 e. The lowest BCUT2D eigenvalue weighted by Crippen LogP contribution is -2.14. The van der Waals surface area contributed by atoms with Crippen molar-refractivity contribution in [3.8, 4) is 5.88 Å². The molecule has 0 atom stereocenters. The third-order valence-electron chi connectivity index (χ3n) is 1.57. The SMILES string of the molecule is NCCCOc1cccc(C(N)=O)n1. The molecule has 1 rings (SSSR count). The van der Waals surface area contributed by atoms with Gasteiger partial charge in [-0.25, -0.2) is 4.98 Å². The summed E-state index contributed by atoms with van der Waals surface area (Å²) in [6.07, 6.45) is 0.752. The van der Waals surface area contributed by atoms with Crippen LogP contribution in [0.4, 0.5) is 0 Å². The zero-order chi connectivity index (χ0) is 10.4. The van der Waals surface area contributed by atoms with Crippen LogP contribution in [0, 0.1) is 0 Å². The topological polar surface area (TPSA) is 91.2 Å². The minimum atomic E-state index is -0.561. The van der Waals surface area contributed by atoms with E-state index in [1.165, 1.54) is 6.07 Å². The molecule has 5 heteroatoms. The molecule has 0 saturated carbocycles. The summed E-state index contributed by atoms with van der Waals surface area (Å²) in [5.41, 5.74) is 10.6. The first-order valence-electron chi connectivity index (χ1n) is 4.34. The number of pyridine rings is 1. The van der Waals surface area contributed by atoms with Crippen molar-refractivity contribution in [2.75, 3.05) is 13.2 Å². The van der Waals surface area contributed by atoms with E-state index in [0.717, 1.165) is 6.42 Å². The second-order valence-electron chi connectivity index (χ2n) is 2.72. The average molecular weight is 195 g/mol. The Bertz CT molecular complexity index is 315. The van der Waals surface area contributed by atoms with Crippen LogP contribution < -0.4 is 16.2 Å². The highest BCUT2D eigenvalue weighted by molar-refractivity contribution is 5.90. The number of rotatable bonds is 5. The van der Waals surface area contributed by atoms with E-state index in [-0.39, 0.29) is 5.69 Å². The van der Waals surface area contributed by atoms with Crippen molar-refractivity contribution in [3.63, 3.8) is 0 Å². The maximum atomic E-state index is 10.8. The number of primary amides is 1. The zero-order valence-electron chi connectivity index (χ0n) is 7.77. The Labute approximate surface area is 82.1 Å². The summed E-state index contributed by atoms with van der Waals surface area (Å²) in [5.74, 6) is -0.163. The van der Waals surface area contributed by atoms with Gasteiger partial charge < -0.3 is 16.2 Å². The number of hydrogen-bond donors (Lipinski definition) is 2. The molecule has 0 fully saturated rings. The monoisotopic (exact) mass is 195 g/mol. The summed E-state index contributed by atoms with van der Waals surface area (Å²) < 4.78 is 5.24. The normalized spacial score (nSPS) is 9.79. The van der Waals surface area contributed by atoms with Crippen molar-refractivity contribution in [2.24, 2.45) is 11.5 Å². The number of ether oxygens (including phenoxy) is 1. The van der Waals surface area contributed by atoms with Crippen LogP contribution in [0.1, 0.15) is 16.9 Å². The first-order chi connectivity index (χ1) is 6.74. The van der Waals surface area contributed by atoms with E-state index in [1.807, 2.05) is 0 Å². The van der Waals surface area contributed by atoms with Gasteiger partial charge in [0.05, 0.1) is 6.61 Å². The standard InChI is InChI=1S/C9H13N3O2/c10-5-2-6-14-8-4-1-3-7(12-8)9(11)13/h1,3-4H,2,5-6,10H2,(H2,11,13). The number of carbonyl (C=O) groups is 1. The minimum absolute atomic E-state index is 0.204. The van der Waals surface area contributed by atoms with Crippen LogP contribution in [0.3, 0.4) is 0 Å². The first kappa shape index (κ1) is 10.5. The van der Waals surface area contributed by atoms with Crippen molar-refractivity contribution in [1.29, 1.82) is 0 Å². The number of nitrogens with two attached hydrogens (primary N) is 2. The van der Waals surface area contributed by atoms with Gasteiger partial charge in [0.1, 0.15) is 5.69 Å². The van der Waals surface area contributed by atoms with Crippen molar-refractivity contribution in [1.82, 2.24) is 4.98 Å². The minimum Gasteiger partial charge on any atom is -0.478 e. The Balaban J connectivity index is 2.59. The molecule has 76 valence electrons. The van der Waals surface area contributed by atoms with Crippen molar-refractivity contribution < 1.29 is 9.53 Å². The molecule has 0 unspecified atom stereocenters. The number of aromatic nitrogens is 1. The van der Waals surface area contributed by atoms with Crippen molar-refractivity contribution in [3.05, 3.63) is 23.9 Å². The number of carbonyl (C=O) groups excluding carboxylic acids is 1. The summed E-state index contributed by atoms with van der Waals surface area (Å²) in [4.78, 5) is 14.7. The first-order valence-corrected chi connectivity index (χ1v) is 4.34. The van der Waals surface area contributed by atoms with Crippen LogP contribution >= 0.6 is 0 Å². The predicted octanol–water partition coefficient (Wildman–Crippen LogP) is -0.0919. The number of nitrogens with zero attached hydrogens (tertiary/aromatic N) is 1. The van der Waals surface area contributed by atoms with Crippen LogP contribution in [0.2, 0.25) is 0 Å². The van der Waals surface area contributed by atoms with Gasteiger partial charge in [-0.15, -0.1) is 0 Å². The van der Waals surface area contributed by atoms with E-state index >= 15 is 0 Å². The van der Waals surface area contributed by atoms with Gasteiger partial charge in [0.25, 0.3) is 5.91 Å². The second kappa shape index (κ2) is 5.18. The molecular weight excluding hydrogens is 182 g/mol. The van der Waals surface area contributed by atoms with Gasteiger partial charge in [0.15, 0.2) is 0 Å². The summed E-state index contributed by atoms with van der Waals surface area (Å²) >= 11 is 0. The molecule has 0 aliphatic rings. The largest absolute Gasteiger partial charge is 0.478 e. The lowest BCUT2D eigenvalue weighted by Gasteiger charge is -2.04. The van der Waals surface area contributed by atoms with Crippen LogP contribution in [-0.4, -0.2) is 24.0 Å². The Kier molecular flexibility index (Phi) is 3.87. The quantitative estimate of drug-likeness (QED) is 0.642. The Morgan fingerprint density at radius 3 is 2.93 bits per heavy atom. The van der Waals surface area contributed by atoms with Crippen LogP contribution in [-0.2, 0) is 0 Å². The molecule has 14 heavy (non-hydrogen) atoms. The van der Waals surface area contributed by atoms with Crippen molar-refractivity contribution >= 4 is 5.91 Å². The van der Waals surface area contributed by atoms with Gasteiger partial charge in [0, 0.05) is 6.07 Å². The Morgan fingerprint density at radius 1 is 1.50 bits per heavy atom. The van der Waals surface area contributed by atoms with Gasteiger partial charge in [-0.3, -0.25) is 4.79 Å². The van der Waals surface area contributed by atoms with Crippen molar-refractivity contribution in [2.45, 2.75) is 6.42 Å². The fourth-order valence-corrected chi connectivity index (χ4v) is 0.893. The highest BCUT2D eigenvalue weighted by Gasteiger charge is 2.02. The molecular formula is C9H13N3O2. The highest BCUT2D eigenvalue weighted by Crippen LogP contribution is 2.07. The van der Waals surface area contributed by atoms with E-state index in [0.29, 0.717) is 19.0 Å². The van der Waals surface area contributed by atoms with Gasteiger partial charge in [-0.05, 0) is 19.0 Å². The maximum absolute atomic E-state index is 10.8. The molecule has 0 radical (unpaired) electrons. The van der Waals surface area contributed by atoms with Gasteiger partial charge in [-0.1, -0.05) is 6.07 Å². The molecule has 1 heterocycles. The van der Waals surface area contributed by atoms with E-state index in [4.69, 9.17) is 16.2 Å². The molecule has 1 aromatic rings. The highest BCUT2D eigenvalue weighted by atomic mass is 16.5. The number of amides is 1. The predicted molar refractivity (Wildman–Crippen MR) is 51.9 cm³/mol. The molecule has 0 spiro atoms. The molecule has 0 bridgehead atoms. The van der Waals surface area contributed by atoms with E-state index in [1.54, 1.807) is 12.1 Å².